The summed E-state index contributed by atoms with van der Waals surface area (Å²) in [6, 6.07) is 6.84. The summed E-state index contributed by atoms with van der Waals surface area (Å²) in [7, 11) is 0. The number of hydrogen-bond acceptors (Lipinski definition) is 12. The van der Waals surface area contributed by atoms with Crippen LogP contribution in [0.4, 0.5) is 5.69 Å². The van der Waals surface area contributed by atoms with Crippen molar-refractivity contribution >= 4 is 29.6 Å². The van der Waals surface area contributed by atoms with Crippen LogP contribution in [0, 0.1) is 0 Å². The molecule has 2 atom stereocenters. The molecule has 1 aromatic rings. The lowest BCUT2D eigenvalue weighted by atomic mass is 9.96. The van der Waals surface area contributed by atoms with E-state index in [1.165, 1.54) is 0 Å². The molecule has 16 heteroatoms. The highest BCUT2D eigenvalue weighted by atomic mass is 16.6. The number of anilines is 1. The zero-order chi connectivity index (χ0) is 31.8. The molecule has 242 valence electrons. The summed E-state index contributed by atoms with van der Waals surface area (Å²) in [6.45, 7) is 2.16. The maximum atomic E-state index is 11.4. The number of aliphatic hydroxyl groups excluding tert-OH is 1. The molecule has 16 nitrogen and oxygen atoms in total. The van der Waals surface area contributed by atoms with Crippen LogP contribution >= 0.6 is 0 Å². The maximum Gasteiger partial charge on any atom is 0.317 e. The van der Waals surface area contributed by atoms with Crippen LogP contribution in [0.3, 0.4) is 0 Å². The second-order valence-corrected chi connectivity index (χ2v) is 10.6. The number of hydrogen-bond donors (Lipinski definition) is 7. The van der Waals surface area contributed by atoms with Gasteiger partial charge in [0.2, 0.25) is 0 Å². The molecule has 0 saturated carbocycles. The van der Waals surface area contributed by atoms with Crippen molar-refractivity contribution in [2.75, 3.05) is 97.4 Å². The Kier molecular flexibility index (Phi) is 15.8. The highest BCUT2D eigenvalue weighted by Crippen LogP contribution is 2.21. The molecule has 0 spiro atoms. The number of β-amino-alcohol motifs (C(OH)–C–C–N with tert-alkyl or cyclic N) is 1. The number of carbonyl (C=O) groups is 4. The number of aliphatic hydroxyl groups is 1. The molecule has 8 N–H and O–H groups in total. The molecule has 0 radical (unpaired) electrons. The first-order valence-corrected chi connectivity index (χ1v) is 14.1. The van der Waals surface area contributed by atoms with Gasteiger partial charge in [0.1, 0.15) is 0 Å². The van der Waals surface area contributed by atoms with Crippen LogP contribution in [0.5, 0.6) is 0 Å². The molecule has 1 aliphatic heterocycles. The monoisotopic (exact) mass is 612 g/mol. The van der Waals surface area contributed by atoms with Crippen molar-refractivity contribution < 1.29 is 49.5 Å². The van der Waals surface area contributed by atoms with Gasteiger partial charge in [-0.1, -0.05) is 12.1 Å². The predicted molar refractivity (Wildman–Crippen MR) is 154 cm³/mol. The van der Waals surface area contributed by atoms with Gasteiger partial charge in [-0.05, 0) is 17.7 Å². The van der Waals surface area contributed by atoms with Gasteiger partial charge in [0.25, 0.3) is 0 Å². The molecule has 2 unspecified atom stereocenters. The van der Waals surface area contributed by atoms with Crippen molar-refractivity contribution in [1.29, 1.82) is 0 Å². The van der Waals surface area contributed by atoms with Gasteiger partial charge in [0.15, 0.2) is 0 Å². The lowest BCUT2D eigenvalue weighted by molar-refractivity contribution is -0.140. The zero-order valence-electron chi connectivity index (χ0n) is 24.2. The third-order valence-electron chi connectivity index (χ3n) is 7.01. The smallest absolute Gasteiger partial charge is 0.317 e. The molecule has 2 rings (SSSR count). The number of nitrogens with one attached hydrogen (secondary N) is 1. The third kappa shape index (κ3) is 15.6. The molecular formula is C27H44N6O10. The van der Waals surface area contributed by atoms with E-state index in [4.69, 9.17) is 10.6 Å². The van der Waals surface area contributed by atoms with E-state index in [9.17, 15) is 44.7 Å². The summed E-state index contributed by atoms with van der Waals surface area (Å²) in [6.07, 6.45) is -1.07. The molecule has 1 fully saturated rings. The summed E-state index contributed by atoms with van der Waals surface area (Å²) < 4.78 is 0. The van der Waals surface area contributed by atoms with Gasteiger partial charge in [0, 0.05) is 77.1 Å². The molecular weight excluding hydrogens is 568 g/mol. The number of benzene rings is 1. The highest BCUT2D eigenvalue weighted by Gasteiger charge is 2.22. The largest absolute Gasteiger partial charge is 0.481 e. The number of rotatable bonds is 16. The second-order valence-electron chi connectivity index (χ2n) is 10.6. The standard InChI is InChI=1S/C27H44N6O10/c28-22-3-1-20(2-4-22)21(13-24(35)36)19-43-29-14-23(34)15-30-5-7-31(16-25(37)38)9-11-33(18-27(41)42)12-10-32(8-6-30)17-26(39)40/h1-4,21,23,29,34H,5-19,28H2,(H,35,36)(H,37,38)(H,39,40)(H,41,42). The Labute approximate surface area is 250 Å². The number of nitrogens with two attached hydrogens (primary N) is 1. The van der Waals surface area contributed by atoms with Crippen LogP contribution in [-0.2, 0) is 24.0 Å². The van der Waals surface area contributed by atoms with Crippen LogP contribution in [0.25, 0.3) is 0 Å². The fourth-order valence-corrected chi connectivity index (χ4v) is 4.74. The van der Waals surface area contributed by atoms with Crippen molar-refractivity contribution in [2.45, 2.75) is 18.4 Å². The molecule has 0 aromatic heterocycles. The van der Waals surface area contributed by atoms with Gasteiger partial charge < -0.3 is 36.1 Å². The minimum absolute atomic E-state index is 0.0276. The van der Waals surface area contributed by atoms with Crippen LogP contribution in [-0.4, -0.2) is 167 Å². The molecule has 43 heavy (non-hydrogen) atoms. The number of aliphatic carboxylic acids is 4. The van der Waals surface area contributed by atoms with Gasteiger partial charge in [-0.15, -0.1) is 0 Å². The summed E-state index contributed by atoms with van der Waals surface area (Å²) in [5.41, 5.74) is 9.72. The van der Waals surface area contributed by atoms with Crippen molar-refractivity contribution in [3.8, 4) is 0 Å². The van der Waals surface area contributed by atoms with Crippen molar-refractivity contribution in [3.63, 3.8) is 0 Å². The fraction of sp³-hybridized carbons (Fsp3) is 0.630. The van der Waals surface area contributed by atoms with E-state index in [1.54, 1.807) is 39.0 Å². The molecule has 1 aliphatic rings. The summed E-state index contributed by atoms with van der Waals surface area (Å²) in [5, 5.41) is 48.0. The molecule has 0 aliphatic carbocycles. The number of carboxylic acids is 4. The SMILES string of the molecule is Nc1ccc(C(CONCC(O)CN2CCN(CC(=O)O)CCN(CC(=O)O)CCN(CC(=O)O)CC2)CC(=O)O)cc1. The minimum atomic E-state index is -1.03. The maximum absolute atomic E-state index is 11.4. The highest BCUT2D eigenvalue weighted by molar-refractivity contribution is 5.70. The molecule has 1 heterocycles. The van der Waals surface area contributed by atoms with Crippen molar-refractivity contribution in [1.82, 2.24) is 25.1 Å². The van der Waals surface area contributed by atoms with Crippen molar-refractivity contribution in [2.24, 2.45) is 0 Å². The van der Waals surface area contributed by atoms with Gasteiger partial charge in [-0.25, -0.2) is 0 Å². The van der Waals surface area contributed by atoms with E-state index in [2.05, 4.69) is 5.48 Å². The normalized spacial score (nSPS) is 18.3. The van der Waals surface area contributed by atoms with Gasteiger partial charge in [0.05, 0.1) is 38.8 Å². The Balaban J connectivity index is 1.99. The first-order valence-electron chi connectivity index (χ1n) is 14.1. The van der Waals surface area contributed by atoms with E-state index >= 15 is 0 Å². The number of nitrogen functional groups attached to an aromatic ring is 1. The topological polar surface area (TPSA) is 230 Å². The van der Waals surface area contributed by atoms with E-state index in [0.29, 0.717) is 58.0 Å². The lowest BCUT2D eigenvalue weighted by Crippen LogP contribution is -2.50. The summed E-state index contributed by atoms with van der Waals surface area (Å²) in [5.74, 6) is -4.48. The lowest BCUT2D eigenvalue weighted by Gasteiger charge is -2.33. The quantitative estimate of drug-likeness (QED) is 0.0619. The van der Waals surface area contributed by atoms with E-state index in [-0.39, 0.29) is 45.8 Å². The second kappa shape index (κ2) is 19.0. The Morgan fingerprint density at radius 1 is 0.721 bits per heavy atom. The predicted octanol–water partition coefficient (Wildman–Crippen LogP) is -1.82. The molecule has 1 saturated heterocycles. The number of carboxylic acid groups (broad SMARTS) is 4. The van der Waals surface area contributed by atoms with Crippen LogP contribution in [0.2, 0.25) is 0 Å². The number of nitrogens with zero attached hydrogens (tertiary/aromatic N) is 4. The summed E-state index contributed by atoms with van der Waals surface area (Å²) in [4.78, 5) is 58.0. The van der Waals surface area contributed by atoms with Crippen molar-refractivity contribution in [3.05, 3.63) is 29.8 Å². The fourth-order valence-electron chi connectivity index (χ4n) is 4.74. The Hall–Kier alpha value is -3.38. The first kappa shape index (κ1) is 35.8. The summed E-state index contributed by atoms with van der Waals surface area (Å²) >= 11 is 0. The Morgan fingerprint density at radius 3 is 1.53 bits per heavy atom. The van der Waals surface area contributed by atoms with Crippen LogP contribution in [0.15, 0.2) is 24.3 Å². The third-order valence-corrected chi connectivity index (χ3v) is 7.01. The van der Waals surface area contributed by atoms with E-state index < -0.39 is 35.9 Å². The minimum Gasteiger partial charge on any atom is -0.481 e. The van der Waals surface area contributed by atoms with Crippen LogP contribution < -0.4 is 11.2 Å². The van der Waals surface area contributed by atoms with Gasteiger partial charge >= 0.3 is 23.9 Å². The average Bonchev–Trinajstić information content (AvgIpc) is 2.91. The average molecular weight is 613 g/mol. The van der Waals surface area contributed by atoms with E-state index in [1.807, 2.05) is 4.90 Å². The Bertz CT molecular complexity index is 998. The molecule has 0 amide bonds. The molecule has 1 aromatic carbocycles. The zero-order valence-corrected chi connectivity index (χ0v) is 24.2. The molecule has 0 bridgehead atoms. The first-order chi connectivity index (χ1) is 20.4. The Morgan fingerprint density at radius 2 is 1.14 bits per heavy atom. The number of hydroxylamine groups is 1. The van der Waals surface area contributed by atoms with Gasteiger partial charge in [-0.2, -0.15) is 5.48 Å². The van der Waals surface area contributed by atoms with Crippen LogP contribution in [0.1, 0.15) is 17.9 Å². The van der Waals surface area contributed by atoms with Gasteiger partial charge in [-0.3, -0.25) is 38.8 Å². The van der Waals surface area contributed by atoms with E-state index in [0.717, 1.165) is 5.56 Å².